The van der Waals surface area contributed by atoms with Gasteiger partial charge >= 0.3 is 0 Å². The molecule has 0 spiro atoms. The molecule has 1 aliphatic heterocycles. The van der Waals surface area contributed by atoms with Gasteiger partial charge in [-0.3, -0.25) is 0 Å². The Hall–Kier alpha value is -1.24. The van der Waals surface area contributed by atoms with Crippen molar-refractivity contribution in [1.29, 1.82) is 0 Å². The maximum absolute atomic E-state index is 4.03. The number of anilines is 1. The molecule has 0 saturated carbocycles. The summed E-state index contributed by atoms with van der Waals surface area (Å²) >= 11 is 0. The van der Waals surface area contributed by atoms with Gasteiger partial charge in [0.1, 0.15) is 0 Å². The molecule has 2 rings (SSSR count). The Balaban J connectivity index is 2.44. The van der Waals surface area contributed by atoms with Crippen LogP contribution in [0.4, 0.5) is 5.69 Å². The minimum atomic E-state index is 1.12. The number of hydrogen-bond acceptors (Lipinski definition) is 1. The molecule has 0 radical (unpaired) electrons. The molecule has 1 aromatic carbocycles. The molecule has 0 aromatic heterocycles. The van der Waals surface area contributed by atoms with Crippen LogP contribution in [-0.2, 0) is 6.42 Å². The van der Waals surface area contributed by atoms with Gasteiger partial charge in [0.2, 0.25) is 0 Å². The molecule has 1 aliphatic rings. The van der Waals surface area contributed by atoms with Gasteiger partial charge in [0, 0.05) is 17.9 Å². The summed E-state index contributed by atoms with van der Waals surface area (Å²) in [5, 5.41) is 0. The molecule has 0 fully saturated rings. The fourth-order valence-electron chi connectivity index (χ4n) is 2.12. The maximum atomic E-state index is 4.03. The summed E-state index contributed by atoms with van der Waals surface area (Å²) in [6, 6.07) is 6.70. The molecule has 74 valence electrons. The summed E-state index contributed by atoms with van der Waals surface area (Å²) in [6.07, 6.45) is 2.45. The van der Waals surface area contributed by atoms with Crippen molar-refractivity contribution in [2.45, 2.75) is 26.7 Å². The normalized spacial score (nSPS) is 15.1. The smallest absolute Gasteiger partial charge is 0.0440 e. The highest BCUT2D eigenvalue weighted by atomic mass is 15.1. The van der Waals surface area contributed by atoms with Crippen molar-refractivity contribution in [3.05, 3.63) is 41.6 Å². The quantitative estimate of drug-likeness (QED) is 0.652. The Morgan fingerprint density at radius 1 is 1.43 bits per heavy atom. The molecular formula is C13H17N. The van der Waals surface area contributed by atoms with E-state index in [1.165, 1.54) is 29.7 Å². The van der Waals surface area contributed by atoms with Crippen molar-refractivity contribution in [2.24, 2.45) is 0 Å². The molecule has 1 aromatic rings. The Kier molecular flexibility index (Phi) is 2.32. The largest absolute Gasteiger partial charge is 0.346 e. The van der Waals surface area contributed by atoms with Crippen LogP contribution >= 0.6 is 0 Å². The van der Waals surface area contributed by atoms with Crippen molar-refractivity contribution >= 4 is 5.69 Å². The topological polar surface area (TPSA) is 3.24 Å². The van der Waals surface area contributed by atoms with E-state index in [1.807, 2.05) is 0 Å². The SMILES string of the molecule is C=C(C)N1CCCc2cc(C)ccc21. The predicted octanol–water partition coefficient (Wildman–Crippen LogP) is 3.28. The standard InChI is InChI=1S/C13H17N/c1-10(2)14-8-4-5-12-9-11(3)6-7-13(12)14/h6-7,9H,1,4-5,8H2,2-3H3. The zero-order valence-electron chi connectivity index (χ0n) is 9.01. The van der Waals surface area contributed by atoms with Crippen LogP contribution < -0.4 is 4.90 Å². The van der Waals surface area contributed by atoms with E-state index >= 15 is 0 Å². The third kappa shape index (κ3) is 1.54. The molecule has 14 heavy (non-hydrogen) atoms. The summed E-state index contributed by atoms with van der Waals surface area (Å²) in [5.41, 5.74) is 5.33. The maximum Gasteiger partial charge on any atom is 0.0440 e. The Labute approximate surface area is 86.1 Å². The third-order valence-corrected chi connectivity index (χ3v) is 2.81. The van der Waals surface area contributed by atoms with Gasteiger partial charge in [-0.2, -0.15) is 0 Å². The molecule has 0 N–H and O–H groups in total. The van der Waals surface area contributed by atoms with Gasteiger partial charge in [-0.25, -0.2) is 0 Å². The molecule has 0 aliphatic carbocycles. The molecule has 1 nitrogen and oxygen atoms in total. The summed E-state index contributed by atoms with van der Waals surface area (Å²) in [7, 11) is 0. The highest BCUT2D eigenvalue weighted by molar-refractivity contribution is 5.59. The van der Waals surface area contributed by atoms with Crippen LogP contribution in [0.15, 0.2) is 30.5 Å². The van der Waals surface area contributed by atoms with E-state index in [-0.39, 0.29) is 0 Å². The molecule has 1 heteroatoms. The van der Waals surface area contributed by atoms with Gasteiger partial charge in [-0.15, -0.1) is 0 Å². The highest BCUT2D eigenvalue weighted by Gasteiger charge is 2.16. The summed E-state index contributed by atoms with van der Waals surface area (Å²) in [4.78, 5) is 2.32. The fourth-order valence-corrected chi connectivity index (χ4v) is 2.12. The molecule has 0 amide bonds. The zero-order valence-corrected chi connectivity index (χ0v) is 9.01. The summed E-state index contributed by atoms with van der Waals surface area (Å²) in [5.74, 6) is 0. The number of fused-ring (bicyclic) bond motifs is 1. The molecule has 0 unspecified atom stereocenters. The molecule has 1 heterocycles. The summed E-state index contributed by atoms with van der Waals surface area (Å²) in [6.45, 7) is 9.37. The van der Waals surface area contributed by atoms with Crippen LogP contribution in [0.2, 0.25) is 0 Å². The van der Waals surface area contributed by atoms with Crippen molar-refractivity contribution in [3.8, 4) is 0 Å². The van der Waals surface area contributed by atoms with Crippen molar-refractivity contribution in [2.75, 3.05) is 11.4 Å². The number of allylic oxidation sites excluding steroid dienone is 1. The van der Waals surface area contributed by atoms with Crippen molar-refractivity contribution < 1.29 is 0 Å². The lowest BCUT2D eigenvalue weighted by Gasteiger charge is -2.31. The summed E-state index contributed by atoms with van der Waals surface area (Å²) < 4.78 is 0. The number of benzene rings is 1. The lowest BCUT2D eigenvalue weighted by Crippen LogP contribution is -2.27. The first-order chi connectivity index (χ1) is 6.68. The van der Waals surface area contributed by atoms with Crippen molar-refractivity contribution in [3.63, 3.8) is 0 Å². The van der Waals surface area contributed by atoms with Gasteiger partial charge in [-0.05, 0) is 38.3 Å². The molecule has 0 bridgehead atoms. The molecular weight excluding hydrogens is 170 g/mol. The zero-order chi connectivity index (χ0) is 10.1. The molecule has 0 atom stereocenters. The van der Waals surface area contributed by atoms with Gasteiger partial charge in [0.05, 0.1) is 0 Å². The third-order valence-electron chi connectivity index (χ3n) is 2.81. The Morgan fingerprint density at radius 2 is 2.21 bits per heavy atom. The van der Waals surface area contributed by atoms with E-state index in [4.69, 9.17) is 0 Å². The van der Waals surface area contributed by atoms with Gasteiger partial charge in [-0.1, -0.05) is 24.3 Å². The Morgan fingerprint density at radius 3 is 2.93 bits per heavy atom. The van der Waals surface area contributed by atoms with Crippen LogP contribution in [0.25, 0.3) is 0 Å². The van der Waals surface area contributed by atoms with Gasteiger partial charge in [0.15, 0.2) is 0 Å². The monoisotopic (exact) mass is 187 g/mol. The first-order valence-corrected chi connectivity index (χ1v) is 5.21. The van der Waals surface area contributed by atoms with Crippen molar-refractivity contribution in [1.82, 2.24) is 0 Å². The minimum Gasteiger partial charge on any atom is -0.346 e. The van der Waals surface area contributed by atoms with Crippen LogP contribution in [-0.4, -0.2) is 6.54 Å². The van der Waals surface area contributed by atoms with Crippen LogP contribution in [0, 0.1) is 6.92 Å². The second kappa shape index (κ2) is 3.49. The second-order valence-corrected chi connectivity index (χ2v) is 4.12. The van der Waals surface area contributed by atoms with E-state index in [9.17, 15) is 0 Å². The van der Waals surface area contributed by atoms with Crippen LogP contribution in [0.3, 0.4) is 0 Å². The minimum absolute atomic E-state index is 1.12. The first-order valence-electron chi connectivity index (χ1n) is 5.21. The van der Waals surface area contributed by atoms with E-state index in [0.29, 0.717) is 0 Å². The second-order valence-electron chi connectivity index (χ2n) is 4.12. The average molecular weight is 187 g/mol. The van der Waals surface area contributed by atoms with E-state index < -0.39 is 0 Å². The lowest BCUT2D eigenvalue weighted by atomic mass is 9.99. The average Bonchev–Trinajstić information content (AvgIpc) is 2.16. The van der Waals surface area contributed by atoms with Gasteiger partial charge < -0.3 is 4.90 Å². The van der Waals surface area contributed by atoms with Crippen LogP contribution in [0.1, 0.15) is 24.5 Å². The van der Waals surface area contributed by atoms with E-state index in [0.717, 1.165) is 12.2 Å². The van der Waals surface area contributed by atoms with Crippen LogP contribution in [0.5, 0.6) is 0 Å². The lowest BCUT2D eigenvalue weighted by molar-refractivity contribution is 0.744. The molecule has 0 saturated heterocycles. The Bertz CT molecular complexity index is 365. The number of aryl methyl sites for hydroxylation is 2. The number of nitrogens with zero attached hydrogens (tertiary/aromatic N) is 1. The number of hydrogen-bond donors (Lipinski definition) is 0. The number of rotatable bonds is 1. The van der Waals surface area contributed by atoms with Gasteiger partial charge in [0.25, 0.3) is 0 Å². The fraction of sp³-hybridized carbons (Fsp3) is 0.385. The predicted molar refractivity (Wildman–Crippen MR) is 61.7 cm³/mol. The van der Waals surface area contributed by atoms with E-state index in [2.05, 4.69) is 43.5 Å². The van der Waals surface area contributed by atoms with E-state index in [1.54, 1.807) is 0 Å². The highest BCUT2D eigenvalue weighted by Crippen LogP contribution is 2.29. The first kappa shape index (κ1) is 9.32.